The summed E-state index contributed by atoms with van der Waals surface area (Å²) in [6, 6.07) is 0. The Hall–Kier alpha value is -0.820. The number of amides is 1. The Kier molecular flexibility index (Phi) is 5.61. The van der Waals surface area contributed by atoms with Crippen LogP contribution >= 0.6 is 0 Å². The van der Waals surface area contributed by atoms with Gasteiger partial charge in [-0.05, 0) is 26.8 Å². The second-order valence-corrected chi connectivity index (χ2v) is 5.11. The zero-order valence-electron chi connectivity index (χ0n) is 11.3. The summed E-state index contributed by atoms with van der Waals surface area (Å²) >= 11 is 0. The van der Waals surface area contributed by atoms with E-state index >= 15 is 0 Å². The fourth-order valence-corrected chi connectivity index (χ4v) is 2.01. The molecule has 0 bridgehead atoms. The molecule has 0 aromatic carbocycles. The lowest BCUT2D eigenvalue weighted by molar-refractivity contribution is -0.175. The van der Waals surface area contributed by atoms with Crippen LogP contribution in [0.3, 0.4) is 0 Å². The van der Waals surface area contributed by atoms with E-state index in [1.54, 1.807) is 4.90 Å². The normalized spacial score (nSPS) is 19.5. The highest BCUT2D eigenvalue weighted by molar-refractivity contribution is 5.76. The van der Waals surface area contributed by atoms with E-state index < -0.39 is 12.8 Å². The number of hydrogen-bond acceptors (Lipinski definition) is 3. The number of carbonyl (C=O) groups is 1. The molecular weight excluding hydrogens is 261 g/mol. The van der Waals surface area contributed by atoms with E-state index in [2.05, 4.69) is 17.0 Å². The van der Waals surface area contributed by atoms with Crippen molar-refractivity contribution in [2.45, 2.75) is 37.9 Å². The van der Waals surface area contributed by atoms with E-state index in [0.717, 1.165) is 12.8 Å². The summed E-state index contributed by atoms with van der Waals surface area (Å²) in [6.45, 7) is 1.89. The molecule has 1 fully saturated rings. The van der Waals surface area contributed by atoms with Gasteiger partial charge in [0, 0.05) is 18.6 Å². The fraction of sp³-hybridized carbons (Fsp3) is 0.917. The van der Waals surface area contributed by atoms with Crippen molar-refractivity contribution >= 4 is 5.91 Å². The number of nitrogens with one attached hydrogen (secondary N) is 1. The smallest absolute Gasteiger partial charge is 0.372 e. The van der Waals surface area contributed by atoms with Crippen molar-refractivity contribution in [3.63, 3.8) is 0 Å². The molecule has 0 atom stereocenters. The third-order valence-corrected chi connectivity index (χ3v) is 3.55. The molecule has 0 spiro atoms. The molecule has 0 aliphatic carbocycles. The topological polar surface area (TPSA) is 41.6 Å². The number of piperidine rings is 1. The molecule has 7 heteroatoms. The molecule has 0 unspecified atom stereocenters. The molecule has 0 aromatic heterocycles. The van der Waals surface area contributed by atoms with Gasteiger partial charge in [-0.15, -0.1) is 0 Å². The molecule has 19 heavy (non-hydrogen) atoms. The quantitative estimate of drug-likeness (QED) is 0.778. The molecule has 4 nitrogen and oxygen atoms in total. The van der Waals surface area contributed by atoms with Crippen molar-refractivity contribution < 1.29 is 22.7 Å². The minimum absolute atomic E-state index is 0.00630. The third kappa shape index (κ3) is 5.78. The van der Waals surface area contributed by atoms with Gasteiger partial charge in [0.1, 0.15) is 6.61 Å². The van der Waals surface area contributed by atoms with Crippen molar-refractivity contribution in [3.05, 3.63) is 0 Å². The van der Waals surface area contributed by atoms with Crippen LogP contribution in [0.25, 0.3) is 0 Å². The molecule has 0 saturated carbocycles. The Morgan fingerprint density at radius 2 is 1.95 bits per heavy atom. The van der Waals surface area contributed by atoms with Crippen LogP contribution in [0.15, 0.2) is 0 Å². The van der Waals surface area contributed by atoms with Gasteiger partial charge in [-0.25, -0.2) is 0 Å². The minimum atomic E-state index is -4.33. The van der Waals surface area contributed by atoms with Crippen LogP contribution < -0.4 is 5.32 Å². The van der Waals surface area contributed by atoms with E-state index in [-0.39, 0.29) is 24.5 Å². The van der Waals surface area contributed by atoms with Gasteiger partial charge >= 0.3 is 6.18 Å². The maximum atomic E-state index is 11.8. The average Bonchev–Trinajstić information content (AvgIpc) is 2.34. The van der Waals surface area contributed by atoms with Crippen LogP contribution in [0.1, 0.15) is 26.2 Å². The summed E-state index contributed by atoms with van der Waals surface area (Å²) in [7, 11) is 1.89. The van der Waals surface area contributed by atoms with Crippen molar-refractivity contribution in [1.29, 1.82) is 0 Å². The fourth-order valence-electron chi connectivity index (χ4n) is 2.01. The number of carbonyl (C=O) groups excluding carboxylic acids is 1. The Bertz CT molecular complexity index is 300. The summed E-state index contributed by atoms with van der Waals surface area (Å²) < 4.78 is 39.9. The van der Waals surface area contributed by atoms with Gasteiger partial charge in [-0.1, -0.05) is 0 Å². The highest BCUT2D eigenvalue weighted by Crippen LogP contribution is 2.21. The molecule has 1 saturated heterocycles. The first kappa shape index (κ1) is 16.2. The first-order valence-electron chi connectivity index (χ1n) is 6.37. The molecule has 0 radical (unpaired) electrons. The van der Waals surface area contributed by atoms with E-state index in [4.69, 9.17) is 0 Å². The van der Waals surface area contributed by atoms with Crippen LogP contribution in [0.5, 0.6) is 0 Å². The standard InChI is InChI=1S/C12H21F3N2O2/c1-11(16-2)4-6-17(7-5-11)10(18)3-8-19-9-12(13,14)15/h16H,3-9H2,1-2H3. The van der Waals surface area contributed by atoms with E-state index in [9.17, 15) is 18.0 Å². The number of hydrogen-bond donors (Lipinski definition) is 1. The number of halogens is 3. The zero-order chi connectivity index (χ0) is 14.5. The number of rotatable bonds is 5. The molecule has 1 amide bonds. The Labute approximate surface area is 111 Å². The predicted octanol–water partition coefficient (Wildman–Crippen LogP) is 1.56. The third-order valence-electron chi connectivity index (χ3n) is 3.55. The Morgan fingerprint density at radius 1 is 1.37 bits per heavy atom. The summed E-state index contributed by atoms with van der Waals surface area (Å²) in [5, 5.41) is 3.22. The highest BCUT2D eigenvalue weighted by Gasteiger charge is 2.30. The second-order valence-electron chi connectivity index (χ2n) is 5.11. The largest absolute Gasteiger partial charge is 0.411 e. The zero-order valence-corrected chi connectivity index (χ0v) is 11.3. The molecule has 1 heterocycles. The van der Waals surface area contributed by atoms with Gasteiger partial charge in [0.15, 0.2) is 0 Å². The number of nitrogens with zero attached hydrogens (tertiary/aromatic N) is 1. The summed E-state index contributed by atoms with van der Waals surface area (Å²) in [5.74, 6) is -0.139. The van der Waals surface area contributed by atoms with Gasteiger partial charge in [0.05, 0.1) is 13.0 Å². The van der Waals surface area contributed by atoms with Gasteiger partial charge in [0.2, 0.25) is 5.91 Å². The first-order chi connectivity index (χ1) is 8.76. The second kappa shape index (κ2) is 6.56. The van der Waals surface area contributed by atoms with Gasteiger partial charge in [-0.3, -0.25) is 4.79 Å². The van der Waals surface area contributed by atoms with Crippen molar-refractivity contribution in [2.75, 3.05) is 33.4 Å². The molecule has 1 aliphatic rings. The van der Waals surface area contributed by atoms with Crippen LogP contribution in [-0.4, -0.2) is 55.9 Å². The van der Waals surface area contributed by atoms with Crippen LogP contribution in [0, 0.1) is 0 Å². The van der Waals surface area contributed by atoms with Crippen LogP contribution in [0.2, 0.25) is 0 Å². The SMILES string of the molecule is CNC1(C)CCN(C(=O)CCOCC(F)(F)F)CC1. The molecule has 0 aromatic rings. The molecule has 1 aliphatic heterocycles. The number of ether oxygens (including phenoxy) is 1. The van der Waals surface area contributed by atoms with Gasteiger partial charge < -0.3 is 15.0 Å². The van der Waals surface area contributed by atoms with Crippen molar-refractivity contribution in [3.8, 4) is 0 Å². The van der Waals surface area contributed by atoms with Crippen molar-refractivity contribution in [2.24, 2.45) is 0 Å². The van der Waals surface area contributed by atoms with E-state index in [1.807, 2.05) is 7.05 Å². The monoisotopic (exact) mass is 282 g/mol. The lowest BCUT2D eigenvalue weighted by Gasteiger charge is -2.39. The summed E-state index contributed by atoms with van der Waals surface area (Å²) in [6.07, 6.45) is -2.63. The van der Waals surface area contributed by atoms with Gasteiger partial charge in [0.25, 0.3) is 0 Å². The molecular formula is C12H21F3N2O2. The first-order valence-corrected chi connectivity index (χ1v) is 6.37. The lowest BCUT2D eigenvalue weighted by Crippen LogP contribution is -2.51. The number of alkyl halides is 3. The number of likely N-dealkylation sites (tertiary alicyclic amines) is 1. The molecule has 112 valence electrons. The van der Waals surface area contributed by atoms with Gasteiger partial charge in [-0.2, -0.15) is 13.2 Å². The van der Waals surface area contributed by atoms with Crippen LogP contribution in [0.4, 0.5) is 13.2 Å². The maximum absolute atomic E-state index is 11.8. The summed E-state index contributed by atoms with van der Waals surface area (Å²) in [5.41, 5.74) is 0.0452. The Morgan fingerprint density at radius 3 is 2.42 bits per heavy atom. The lowest BCUT2D eigenvalue weighted by atomic mass is 9.90. The van der Waals surface area contributed by atoms with E-state index in [0.29, 0.717) is 13.1 Å². The van der Waals surface area contributed by atoms with E-state index in [1.165, 1.54) is 0 Å². The summed E-state index contributed by atoms with van der Waals surface area (Å²) in [4.78, 5) is 13.5. The average molecular weight is 282 g/mol. The van der Waals surface area contributed by atoms with Crippen molar-refractivity contribution in [1.82, 2.24) is 10.2 Å². The molecule has 1 rings (SSSR count). The Balaban J connectivity index is 2.21. The minimum Gasteiger partial charge on any atom is -0.372 e. The molecule has 1 N–H and O–H groups in total. The maximum Gasteiger partial charge on any atom is 0.411 e. The predicted molar refractivity (Wildman–Crippen MR) is 64.8 cm³/mol. The van der Waals surface area contributed by atoms with Crippen LogP contribution in [-0.2, 0) is 9.53 Å². The highest BCUT2D eigenvalue weighted by atomic mass is 19.4.